The maximum absolute atomic E-state index is 11.5. The van der Waals surface area contributed by atoms with Gasteiger partial charge in [0, 0.05) is 11.0 Å². The first kappa shape index (κ1) is 13.1. The van der Waals surface area contributed by atoms with Gasteiger partial charge in [-0.05, 0) is 6.08 Å². The lowest BCUT2D eigenvalue weighted by Crippen LogP contribution is -2.53. The molecular weight excluding hydrogens is 304 g/mol. The van der Waals surface area contributed by atoms with Crippen molar-refractivity contribution in [2.75, 3.05) is 5.75 Å². The summed E-state index contributed by atoms with van der Waals surface area (Å²) in [7, 11) is 0. The first-order valence-electron chi connectivity index (χ1n) is 5.56. The van der Waals surface area contributed by atoms with Crippen LogP contribution in [-0.2, 0) is 9.59 Å². The number of thiol groups is 1. The third-order valence-electron chi connectivity index (χ3n) is 2.85. The first-order valence-corrected chi connectivity index (χ1v) is 7.94. The van der Waals surface area contributed by atoms with Crippen LogP contribution in [0.2, 0.25) is 0 Å². The van der Waals surface area contributed by atoms with Gasteiger partial charge in [-0.25, -0.2) is 0 Å². The number of amides is 1. The van der Waals surface area contributed by atoms with Crippen molar-refractivity contribution in [1.82, 2.24) is 20.3 Å². The fraction of sp³-hybridized carbons (Fsp3) is 0.400. The van der Waals surface area contributed by atoms with Crippen molar-refractivity contribution in [2.24, 2.45) is 0 Å². The lowest BCUT2D eigenvalue weighted by Gasteiger charge is -2.44. The summed E-state index contributed by atoms with van der Waals surface area (Å²) in [5, 5.41) is 11.0. The average Bonchev–Trinajstić information content (AvgIpc) is 2.87. The van der Waals surface area contributed by atoms with Crippen molar-refractivity contribution < 1.29 is 9.59 Å². The van der Waals surface area contributed by atoms with Crippen molar-refractivity contribution in [2.45, 2.75) is 22.1 Å². The van der Waals surface area contributed by atoms with Crippen molar-refractivity contribution in [3.8, 4) is 0 Å². The number of thioether (sulfide) groups is 2. The number of aromatic nitrogens is 3. The number of fused-ring (bicyclic) bond motifs is 1. The Hall–Kier alpha value is -0.930. The molecule has 6 nitrogen and oxygen atoms in total. The number of hydrogen-bond acceptors (Lipinski definition) is 6. The van der Waals surface area contributed by atoms with Gasteiger partial charge in [-0.1, -0.05) is 12.6 Å². The Balaban J connectivity index is 1.71. The Morgan fingerprint density at radius 2 is 2.53 bits per heavy atom. The Morgan fingerprint density at radius 3 is 3.16 bits per heavy atom. The van der Waals surface area contributed by atoms with E-state index in [9.17, 15) is 9.59 Å². The fourth-order valence-electron chi connectivity index (χ4n) is 1.97. The van der Waals surface area contributed by atoms with E-state index in [1.807, 2.05) is 6.08 Å². The highest BCUT2D eigenvalue weighted by Gasteiger charge is 2.44. The minimum absolute atomic E-state index is 0.00578. The van der Waals surface area contributed by atoms with E-state index in [1.165, 1.54) is 4.90 Å². The molecule has 1 saturated heterocycles. The topological polar surface area (TPSA) is 79.0 Å². The van der Waals surface area contributed by atoms with Crippen molar-refractivity contribution in [1.29, 1.82) is 0 Å². The molecule has 2 aliphatic rings. The van der Waals surface area contributed by atoms with Gasteiger partial charge in [0.1, 0.15) is 5.03 Å². The molecule has 0 radical (unpaired) electrons. The van der Waals surface area contributed by atoms with Crippen LogP contribution in [0.1, 0.15) is 6.42 Å². The minimum atomic E-state index is -0.352. The van der Waals surface area contributed by atoms with E-state index < -0.39 is 0 Å². The predicted molar refractivity (Wildman–Crippen MR) is 75.8 cm³/mol. The van der Waals surface area contributed by atoms with Gasteiger partial charge in [-0.3, -0.25) is 14.5 Å². The first-order chi connectivity index (χ1) is 9.15. The lowest BCUT2D eigenvalue weighted by molar-refractivity contribution is -0.140. The van der Waals surface area contributed by atoms with Crippen LogP contribution in [0.15, 0.2) is 23.0 Å². The van der Waals surface area contributed by atoms with E-state index >= 15 is 0 Å². The van der Waals surface area contributed by atoms with Crippen molar-refractivity contribution in [3.63, 3.8) is 0 Å². The van der Waals surface area contributed by atoms with Crippen LogP contribution in [0.5, 0.6) is 0 Å². The molecule has 0 aliphatic carbocycles. The third kappa shape index (κ3) is 2.54. The van der Waals surface area contributed by atoms with Gasteiger partial charge < -0.3 is 0 Å². The van der Waals surface area contributed by atoms with Gasteiger partial charge in [-0.15, -0.1) is 28.6 Å². The second kappa shape index (κ2) is 5.22. The van der Waals surface area contributed by atoms with E-state index in [0.717, 1.165) is 10.8 Å². The van der Waals surface area contributed by atoms with Crippen LogP contribution >= 0.6 is 36.2 Å². The smallest absolute Gasteiger partial charge is 0.232 e. The molecule has 1 unspecified atom stereocenters. The summed E-state index contributed by atoms with van der Waals surface area (Å²) in [6.45, 7) is 0. The maximum Gasteiger partial charge on any atom is 0.232 e. The molecule has 1 N–H and O–H groups in total. The molecule has 100 valence electrons. The van der Waals surface area contributed by atoms with E-state index in [1.54, 1.807) is 29.7 Å². The Kier molecular flexibility index (Phi) is 3.59. The predicted octanol–water partition coefficient (Wildman–Crippen LogP) is 0.911. The largest absolute Gasteiger partial charge is 0.295 e. The molecule has 0 spiro atoms. The summed E-state index contributed by atoms with van der Waals surface area (Å²) in [6, 6.07) is 0. The van der Waals surface area contributed by atoms with Crippen LogP contribution in [0.25, 0.3) is 0 Å². The van der Waals surface area contributed by atoms with E-state index in [2.05, 4.69) is 28.0 Å². The number of nitrogens with zero attached hydrogens (tertiary/aromatic N) is 3. The van der Waals surface area contributed by atoms with E-state index in [0.29, 0.717) is 12.1 Å². The van der Waals surface area contributed by atoms with E-state index in [4.69, 9.17) is 0 Å². The molecule has 0 aromatic carbocycles. The van der Waals surface area contributed by atoms with Gasteiger partial charge in [0.2, 0.25) is 11.0 Å². The van der Waals surface area contributed by atoms with Crippen LogP contribution in [-0.4, -0.2) is 47.7 Å². The van der Waals surface area contributed by atoms with Crippen LogP contribution in [0, 0.1) is 0 Å². The molecular formula is C10H10N4O2S3. The quantitative estimate of drug-likeness (QED) is 0.489. The SMILES string of the molecule is O=C(S)C1=CC(CSc2cn[nH]n2)S[C@@H]2CC(=O)N12. The summed E-state index contributed by atoms with van der Waals surface area (Å²) < 4.78 is 0. The van der Waals surface area contributed by atoms with Crippen LogP contribution in [0.3, 0.4) is 0 Å². The lowest BCUT2D eigenvalue weighted by atomic mass is 10.1. The van der Waals surface area contributed by atoms with Gasteiger partial charge in [-0.2, -0.15) is 10.3 Å². The standard InChI is InChI=1S/C10H10N4O2S3/c15-8-2-9-14(8)6(10(16)17)1-5(19-9)4-18-7-3-11-13-12-7/h1,3,5,9H,2,4H2,(H,16,17)(H,11,12,13)/t5?,9-/m1/s1. The van der Waals surface area contributed by atoms with E-state index in [-0.39, 0.29) is 21.6 Å². The highest BCUT2D eigenvalue weighted by Crippen LogP contribution is 2.42. The number of H-pyrrole nitrogens is 1. The fourth-order valence-corrected chi connectivity index (χ4v) is 4.54. The number of carbonyl (C=O) groups is 2. The Morgan fingerprint density at radius 1 is 1.68 bits per heavy atom. The Bertz CT molecular complexity index is 545. The number of aromatic amines is 1. The molecule has 1 fully saturated rings. The number of β-lactam (4-membered cyclic amide) rings is 1. The third-order valence-corrected chi connectivity index (χ3v) is 5.65. The average molecular weight is 314 g/mol. The van der Waals surface area contributed by atoms with Crippen molar-refractivity contribution >= 4 is 47.2 Å². The molecule has 2 atom stereocenters. The number of carbonyl (C=O) groups excluding carboxylic acids is 2. The molecule has 1 amide bonds. The van der Waals surface area contributed by atoms with Gasteiger partial charge in [0.25, 0.3) is 0 Å². The molecule has 3 rings (SSSR count). The highest BCUT2D eigenvalue weighted by molar-refractivity contribution is 8.04. The Labute approximate surface area is 123 Å². The minimum Gasteiger partial charge on any atom is -0.295 e. The second-order valence-electron chi connectivity index (χ2n) is 4.07. The molecule has 0 bridgehead atoms. The highest BCUT2D eigenvalue weighted by atomic mass is 32.2. The molecule has 2 aliphatic heterocycles. The molecule has 19 heavy (non-hydrogen) atoms. The number of hydrogen-bond donors (Lipinski definition) is 2. The molecule has 1 aromatic heterocycles. The summed E-state index contributed by atoms with van der Waals surface area (Å²) in [4.78, 5) is 24.5. The van der Waals surface area contributed by atoms with Crippen molar-refractivity contribution in [3.05, 3.63) is 18.0 Å². The number of nitrogens with one attached hydrogen (secondary N) is 1. The monoisotopic (exact) mass is 314 g/mol. The van der Waals surface area contributed by atoms with Gasteiger partial charge in [0.15, 0.2) is 0 Å². The maximum atomic E-state index is 11.5. The molecule has 1 aromatic rings. The van der Waals surface area contributed by atoms with Crippen LogP contribution < -0.4 is 0 Å². The van der Waals surface area contributed by atoms with Crippen LogP contribution in [0.4, 0.5) is 0 Å². The zero-order valence-corrected chi connectivity index (χ0v) is 12.2. The summed E-state index contributed by atoms with van der Waals surface area (Å²) in [5.41, 5.74) is 0.411. The van der Waals surface area contributed by atoms with Gasteiger partial charge >= 0.3 is 0 Å². The second-order valence-corrected chi connectivity index (χ2v) is 6.94. The summed E-state index contributed by atoms with van der Waals surface area (Å²) >= 11 is 7.10. The zero-order valence-electron chi connectivity index (χ0n) is 9.65. The van der Waals surface area contributed by atoms with Gasteiger partial charge in [0.05, 0.1) is 23.7 Å². The normalized spacial score (nSPS) is 25.6. The molecule has 3 heterocycles. The molecule has 9 heteroatoms. The summed E-state index contributed by atoms with van der Waals surface area (Å²) in [5.74, 6) is 0.772. The molecule has 0 saturated carbocycles. The zero-order chi connectivity index (χ0) is 13.4. The summed E-state index contributed by atoms with van der Waals surface area (Å²) in [6.07, 6.45) is 3.97. The number of rotatable bonds is 4.